The Kier molecular flexibility index (Phi) is 28.9. The van der Waals surface area contributed by atoms with Gasteiger partial charge >= 0.3 is 0 Å². The van der Waals surface area contributed by atoms with Crippen molar-refractivity contribution >= 4 is 10.5 Å². The van der Waals surface area contributed by atoms with Crippen LogP contribution in [0.4, 0.5) is 0 Å². The van der Waals surface area contributed by atoms with Crippen molar-refractivity contribution in [1.82, 2.24) is 0 Å². The van der Waals surface area contributed by atoms with Crippen LogP contribution in [-0.2, 0) is 4.43 Å². The van der Waals surface area contributed by atoms with Crippen LogP contribution >= 0.6 is 0 Å². The molecule has 0 spiro atoms. The first kappa shape index (κ1) is 35.2. The predicted octanol–water partition coefficient (Wildman–Crippen LogP) is 12.2. The largest absolute Gasteiger partial charge is 0.414 e. The molecule has 0 atom stereocenters. The maximum Gasteiger partial charge on any atom is 0.246 e. The summed E-state index contributed by atoms with van der Waals surface area (Å²) in [6.45, 7) is 6.61. The van der Waals surface area contributed by atoms with Crippen LogP contribution in [0.1, 0.15) is 207 Å². The Bertz CT molecular complexity index is 381. The van der Waals surface area contributed by atoms with Gasteiger partial charge in [-0.1, -0.05) is 187 Å². The molecule has 0 aromatic rings. The van der Waals surface area contributed by atoms with E-state index < -0.39 is 0 Å². The number of hydrogen-bond donors (Lipinski definition) is 0. The molecule has 0 rings (SSSR count). The highest BCUT2D eigenvalue weighted by atomic mass is 28.2. The second-order valence-electron chi connectivity index (χ2n) is 12.2. The molecule has 0 N–H and O–H groups in total. The lowest BCUT2D eigenvalue weighted by Crippen LogP contribution is -2.22. The molecule has 0 amide bonds. The van der Waals surface area contributed by atoms with Crippen LogP contribution in [0, 0.1) is 0 Å². The topological polar surface area (TPSA) is 9.23 Å². The summed E-state index contributed by atoms with van der Waals surface area (Å²) in [5.74, 6) is 0. The van der Waals surface area contributed by atoms with E-state index in [9.17, 15) is 0 Å². The zero-order valence-electron chi connectivity index (χ0n) is 24.9. The van der Waals surface area contributed by atoms with Gasteiger partial charge in [-0.3, -0.25) is 0 Å². The molecule has 1 nitrogen and oxygen atoms in total. The molecule has 0 saturated heterocycles. The fourth-order valence-corrected chi connectivity index (χ4v) is 5.37. The third-order valence-corrected chi connectivity index (χ3v) is 8.46. The fourth-order valence-electron chi connectivity index (χ4n) is 5.27. The smallest absolute Gasteiger partial charge is 0.246 e. The van der Waals surface area contributed by atoms with Gasteiger partial charge < -0.3 is 4.43 Å². The molecular weight excluding hydrogens is 440 g/mol. The van der Waals surface area contributed by atoms with Gasteiger partial charge in [-0.25, -0.2) is 0 Å². The first-order valence-corrected chi connectivity index (χ1v) is 16.9. The summed E-state index contributed by atoms with van der Waals surface area (Å²) in [7, 11) is 3.19. The minimum atomic E-state index is -0.0111. The van der Waals surface area contributed by atoms with Crippen molar-refractivity contribution in [3.8, 4) is 0 Å². The summed E-state index contributed by atoms with van der Waals surface area (Å²) in [6, 6.07) is 0. The molecule has 2 heteroatoms. The predicted molar refractivity (Wildman–Crippen MR) is 160 cm³/mol. The highest BCUT2D eigenvalue weighted by Gasteiger charge is 2.14. The normalized spacial score (nSPS) is 12.0. The highest BCUT2D eigenvalue weighted by molar-refractivity contribution is 5.98. The van der Waals surface area contributed by atoms with Crippen molar-refractivity contribution in [2.75, 3.05) is 0 Å². The lowest BCUT2D eigenvalue weighted by atomic mass is 9.99. The maximum atomic E-state index is 5.30. The molecule has 0 fully saturated rings. The van der Waals surface area contributed by atoms with E-state index in [0.717, 1.165) is 6.42 Å². The summed E-state index contributed by atoms with van der Waals surface area (Å²) >= 11 is 0. The molecule has 0 heterocycles. The summed E-state index contributed by atoms with van der Waals surface area (Å²) < 4.78 is 5.30. The van der Waals surface area contributed by atoms with E-state index in [-0.39, 0.29) is 5.60 Å². The van der Waals surface area contributed by atoms with E-state index >= 15 is 0 Å². The van der Waals surface area contributed by atoms with Gasteiger partial charge in [0.25, 0.3) is 0 Å². The van der Waals surface area contributed by atoms with Crippen LogP contribution < -0.4 is 0 Å². The number of rotatable bonds is 30. The van der Waals surface area contributed by atoms with Crippen LogP contribution in [0.3, 0.4) is 0 Å². The Morgan fingerprint density at radius 2 is 0.571 bits per heavy atom. The molecule has 0 aliphatic heterocycles. The Hall–Kier alpha value is 0.177. The molecule has 0 aromatic carbocycles. The van der Waals surface area contributed by atoms with Crippen molar-refractivity contribution in [3.05, 3.63) is 0 Å². The molecule has 0 aromatic heterocycles. The standard InChI is InChI=1S/C33H67OSi/c1-4-5-6-7-8-9-10-11-12-13-14-15-16-17-18-19-20-21-22-23-24-25-26-27-28-29-30-31-32-33(2,3)34-35/h4-32H2,1-3H3. The highest BCUT2D eigenvalue weighted by Crippen LogP contribution is 2.19. The summed E-state index contributed by atoms with van der Waals surface area (Å²) in [5, 5.41) is 0. The number of unbranched alkanes of at least 4 members (excludes halogenated alkanes) is 27. The zero-order valence-corrected chi connectivity index (χ0v) is 25.9. The Balaban J connectivity index is 3.05. The Morgan fingerprint density at radius 1 is 0.371 bits per heavy atom. The molecule has 0 aliphatic carbocycles. The molecule has 3 radical (unpaired) electrons. The molecular formula is C33H67OSi. The first-order valence-electron chi connectivity index (χ1n) is 16.5. The average molecular weight is 508 g/mol. The van der Waals surface area contributed by atoms with Crippen LogP contribution in [0.2, 0.25) is 0 Å². The van der Waals surface area contributed by atoms with Crippen molar-refractivity contribution in [1.29, 1.82) is 0 Å². The summed E-state index contributed by atoms with van der Waals surface area (Å²) in [5.41, 5.74) is -0.0111. The third kappa shape index (κ3) is 30.3. The van der Waals surface area contributed by atoms with Crippen LogP contribution in [0.15, 0.2) is 0 Å². The fraction of sp³-hybridized carbons (Fsp3) is 1.00. The molecule has 0 bridgehead atoms. The Labute approximate surface area is 227 Å². The SMILES string of the molecule is CCCCCCCCCCCCCCCCCCCCCCCCCCCCCCC(C)(C)O[Si]. The van der Waals surface area contributed by atoms with E-state index in [1.807, 2.05) is 0 Å². The Morgan fingerprint density at radius 3 is 0.771 bits per heavy atom. The van der Waals surface area contributed by atoms with Gasteiger partial charge in [-0.15, -0.1) is 0 Å². The molecule has 0 saturated carbocycles. The lowest BCUT2D eigenvalue weighted by Gasteiger charge is -2.22. The van der Waals surface area contributed by atoms with Gasteiger partial charge in [0.05, 0.1) is 0 Å². The van der Waals surface area contributed by atoms with Gasteiger partial charge in [0.15, 0.2) is 0 Å². The second kappa shape index (κ2) is 28.7. The summed E-state index contributed by atoms with van der Waals surface area (Å²) in [6.07, 6.45) is 41.9. The van der Waals surface area contributed by atoms with Crippen molar-refractivity contribution in [2.45, 2.75) is 213 Å². The van der Waals surface area contributed by atoms with Gasteiger partial charge in [0.1, 0.15) is 0 Å². The minimum absolute atomic E-state index is 0.0111. The quantitative estimate of drug-likeness (QED) is 0.0693. The molecule has 0 aliphatic rings. The van der Waals surface area contributed by atoms with Crippen molar-refractivity contribution in [2.24, 2.45) is 0 Å². The third-order valence-electron chi connectivity index (χ3n) is 7.91. The minimum Gasteiger partial charge on any atom is -0.414 e. The number of hydrogen-bond acceptors (Lipinski definition) is 1. The molecule has 35 heavy (non-hydrogen) atoms. The first-order chi connectivity index (χ1) is 17.1. The van der Waals surface area contributed by atoms with Gasteiger partial charge in [0.2, 0.25) is 10.5 Å². The average Bonchev–Trinajstić information content (AvgIpc) is 2.85. The second-order valence-corrected chi connectivity index (χ2v) is 12.4. The van der Waals surface area contributed by atoms with Crippen LogP contribution in [0.25, 0.3) is 0 Å². The van der Waals surface area contributed by atoms with E-state index in [1.54, 1.807) is 0 Å². The van der Waals surface area contributed by atoms with Gasteiger partial charge in [0, 0.05) is 5.60 Å². The van der Waals surface area contributed by atoms with E-state index in [1.165, 1.54) is 180 Å². The van der Waals surface area contributed by atoms with Gasteiger partial charge in [-0.2, -0.15) is 0 Å². The van der Waals surface area contributed by atoms with Crippen LogP contribution in [0.5, 0.6) is 0 Å². The lowest BCUT2D eigenvalue weighted by molar-refractivity contribution is 0.109. The van der Waals surface area contributed by atoms with Crippen molar-refractivity contribution in [3.63, 3.8) is 0 Å². The van der Waals surface area contributed by atoms with Gasteiger partial charge in [-0.05, 0) is 20.3 Å². The monoisotopic (exact) mass is 507 g/mol. The van der Waals surface area contributed by atoms with E-state index in [0.29, 0.717) is 0 Å². The van der Waals surface area contributed by atoms with E-state index in [4.69, 9.17) is 4.43 Å². The molecule has 209 valence electrons. The molecule has 0 unspecified atom stereocenters. The summed E-state index contributed by atoms with van der Waals surface area (Å²) in [4.78, 5) is 0. The van der Waals surface area contributed by atoms with E-state index in [2.05, 4.69) is 31.3 Å². The van der Waals surface area contributed by atoms with Crippen molar-refractivity contribution < 1.29 is 4.43 Å². The zero-order chi connectivity index (χ0) is 25.7. The van der Waals surface area contributed by atoms with Crippen LogP contribution in [-0.4, -0.2) is 16.1 Å². The maximum absolute atomic E-state index is 5.30.